The third-order valence-electron chi connectivity index (χ3n) is 2.80. The van der Waals surface area contributed by atoms with E-state index in [9.17, 15) is 0 Å². The quantitative estimate of drug-likeness (QED) is 0.853. The van der Waals surface area contributed by atoms with Crippen LogP contribution in [-0.4, -0.2) is 13.7 Å². The highest BCUT2D eigenvalue weighted by atomic mass is 32.1. The van der Waals surface area contributed by atoms with Gasteiger partial charge in [0.05, 0.1) is 12.6 Å². The number of hydrogen-bond donors (Lipinski definition) is 1. The first-order chi connectivity index (χ1) is 8.85. The van der Waals surface area contributed by atoms with Crippen molar-refractivity contribution in [2.75, 3.05) is 13.7 Å². The van der Waals surface area contributed by atoms with Gasteiger partial charge in [0.25, 0.3) is 0 Å². The molecule has 2 aromatic rings. The molecule has 0 saturated carbocycles. The van der Waals surface area contributed by atoms with E-state index in [-0.39, 0.29) is 6.04 Å². The molecular formula is C15H19NOS. The van der Waals surface area contributed by atoms with Gasteiger partial charge in [-0.25, -0.2) is 0 Å². The smallest absolute Gasteiger partial charge is 0.119 e. The van der Waals surface area contributed by atoms with Crippen LogP contribution in [-0.2, 0) is 0 Å². The van der Waals surface area contributed by atoms with Crippen LogP contribution in [0.4, 0.5) is 0 Å². The summed E-state index contributed by atoms with van der Waals surface area (Å²) in [4.78, 5) is 1.33. The third-order valence-corrected chi connectivity index (χ3v) is 3.74. The minimum Gasteiger partial charge on any atom is -0.494 e. The summed E-state index contributed by atoms with van der Waals surface area (Å²) in [5.74, 6) is 0.946. The number of thiophene rings is 1. The fourth-order valence-electron chi connectivity index (χ4n) is 1.91. The lowest BCUT2D eigenvalue weighted by Crippen LogP contribution is -2.16. The van der Waals surface area contributed by atoms with Crippen LogP contribution in [0.5, 0.6) is 5.75 Å². The molecule has 0 bridgehead atoms. The first kappa shape index (κ1) is 13.1. The molecule has 0 aliphatic heterocycles. The molecule has 2 rings (SSSR count). The zero-order valence-electron chi connectivity index (χ0n) is 10.8. The van der Waals surface area contributed by atoms with Crippen molar-refractivity contribution < 1.29 is 4.74 Å². The number of ether oxygens (including phenoxy) is 1. The fraction of sp³-hybridized carbons (Fsp3) is 0.333. The van der Waals surface area contributed by atoms with E-state index >= 15 is 0 Å². The highest BCUT2D eigenvalue weighted by Crippen LogP contribution is 2.26. The van der Waals surface area contributed by atoms with Gasteiger partial charge in [0.2, 0.25) is 0 Å². The van der Waals surface area contributed by atoms with E-state index < -0.39 is 0 Å². The maximum absolute atomic E-state index is 5.60. The third kappa shape index (κ3) is 3.12. The van der Waals surface area contributed by atoms with Gasteiger partial charge in [-0.3, -0.25) is 0 Å². The maximum Gasteiger partial charge on any atom is 0.119 e. The molecule has 0 aliphatic carbocycles. The molecule has 0 aliphatic rings. The van der Waals surface area contributed by atoms with Crippen molar-refractivity contribution in [2.45, 2.75) is 19.4 Å². The average Bonchev–Trinajstić information content (AvgIpc) is 2.93. The summed E-state index contributed by atoms with van der Waals surface area (Å²) < 4.78 is 5.60. The van der Waals surface area contributed by atoms with Gasteiger partial charge in [0, 0.05) is 4.88 Å². The van der Waals surface area contributed by atoms with Crippen LogP contribution >= 0.6 is 11.3 Å². The van der Waals surface area contributed by atoms with E-state index in [2.05, 4.69) is 41.9 Å². The van der Waals surface area contributed by atoms with Gasteiger partial charge in [0.15, 0.2) is 0 Å². The standard InChI is InChI=1S/C15H19NOS/c1-3-10-17-13-8-6-12(7-9-13)15(16-2)14-5-4-11-18-14/h4-9,11,15-16H,3,10H2,1-2H3. The molecule has 3 heteroatoms. The van der Waals surface area contributed by atoms with Gasteiger partial charge in [-0.05, 0) is 42.6 Å². The zero-order valence-corrected chi connectivity index (χ0v) is 11.7. The van der Waals surface area contributed by atoms with Crippen molar-refractivity contribution in [3.05, 3.63) is 52.2 Å². The molecule has 1 heterocycles. The highest BCUT2D eigenvalue weighted by Gasteiger charge is 2.12. The van der Waals surface area contributed by atoms with Crippen molar-refractivity contribution in [3.8, 4) is 5.75 Å². The summed E-state index contributed by atoms with van der Waals surface area (Å²) in [6.45, 7) is 2.89. The predicted molar refractivity (Wildman–Crippen MR) is 77.4 cm³/mol. The second-order valence-corrected chi connectivity index (χ2v) is 5.13. The number of hydrogen-bond acceptors (Lipinski definition) is 3. The Morgan fingerprint density at radius 2 is 2.00 bits per heavy atom. The van der Waals surface area contributed by atoms with Crippen molar-refractivity contribution >= 4 is 11.3 Å². The van der Waals surface area contributed by atoms with Gasteiger partial charge in [0.1, 0.15) is 5.75 Å². The molecule has 18 heavy (non-hydrogen) atoms. The van der Waals surface area contributed by atoms with Gasteiger partial charge in [-0.2, -0.15) is 0 Å². The van der Waals surface area contributed by atoms with E-state index in [0.717, 1.165) is 18.8 Å². The average molecular weight is 261 g/mol. The Labute approximate surface area is 113 Å². The van der Waals surface area contributed by atoms with E-state index in [1.807, 2.05) is 19.2 Å². The minimum absolute atomic E-state index is 0.269. The van der Waals surface area contributed by atoms with Gasteiger partial charge in [-0.15, -0.1) is 11.3 Å². The highest BCUT2D eigenvalue weighted by molar-refractivity contribution is 7.10. The normalized spacial score (nSPS) is 12.3. The Morgan fingerprint density at radius 1 is 1.22 bits per heavy atom. The van der Waals surface area contributed by atoms with E-state index in [1.165, 1.54) is 10.4 Å². The Bertz CT molecular complexity index is 450. The number of nitrogens with one attached hydrogen (secondary N) is 1. The molecule has 1 N–H and O–H groups in total. The van der Waals surface area contributed by atoms with Crippen molar-refractivity contribution in [3.63, 3.8) is 0 Å². The van der Waals surface area contributed by atoms with Gasteiger partial charge < -0.3 is 10.1 Å². The Balaban J connectivity index is 2.12. The monoisotopic (exact) mass is 261 g/mol. The first-order valence-corrected chi connectivity index (χ1v) is 7.16. The molecule has 1 unspecified atom stereocenters. The van der Waals surface area contributed by atoms with Gasteiger partial charge >= 0.3 is 0 Å². The molecule has 0 amide bonds. The van der Waals surface area contributed by atoms with Crippen LogP contribution in [0, 0.1) is 0 Å². The van der Waals surface area contributed by atoms with Crippen LogP contribution < -0.4 is 10.1 Å². The minimum atomic E-state index is 0.269. The summed E-state index contributed by atoms with van der Waals surface area (Å²) in [5.41, 5.74) is 1.27. The van der Waals surface area contributed by atoms with Crippen molar-refractivity contribution in [1.82, 2.24) is 5.32 Å². The predicted octanol–water partition coefficient (Wildman–Crippen LogP) is 3.85. The lowest BCUT2D eigenvalue weighted by Gasteiger charge is -2.15. The molecular weight excluding hydrogens is 242 g/mol. The number of rotatable bonds is 6. The molecule has 1 aromatic carbocycles. The van der Waals surface area contributed by atoms with Crippen LogP contribution in [0.25, 0.3) is 0 Å². The summed E-state index contributed by atoms with van der Waals surface area (Å²) in [6, 6.07) is 12.9. The Hall–Kier alpha value is -1.32. The van der Waals surface area contributed by atoms with Crippen molar-refractivity contribution in [2.24, 2.45) is 0 Å². The van der Waals surface area contributed by atoms with E-state index in [1.54, 1.807) is 11.3 Å². The van der Waals surface area contributed by atoms with Crippen LogP contribution in [0.2, 0.25) is 0 Å². The van der Waals surface area contributed by atoms with E-state index in [4.69, 9.17) is 4.74 Å². The topological polar surface area (TPSA) is 21.3 Å². The summed E-state index contributed by atoms with van der Waals surface area (Å²) in [6.07, 6.45) is 1.04. The molecule has 0 radical (unpaired) electrons. The van der Waals surface area contributed by atoms with Crippen LogP contribution in [0.3, 0.4) is 0 Å². The summed E-state index contributed by atoms with van der Waals surface area (Å²) in [5, 5.41) is 5.46. The van der Waals surface area contributed by atoms with Crippen LogP contribution in [0.15, 0.2) is 41.8 Å². The first-order valence-electron chi connectivity index (χ1n) is 6.28. The maximum atomic E-state index is 5.60. The summed E-state index contributed by atoms with van der Waals surface area (Å²) >= 11 is 1.77. The van der Waals surface area contributed by atoms with Crippen LogP contribution in [0.1, 0.15) is 29.8 Å². The Kier molecular flexibility index (Phi) is 4.79. The Morgan fingerprint density at radius 3 is 2.56 bits per heavy atom. The summed E-state index contributed by atoms with van der Waals surface area (Å²) in [7, 11) is 1.99. The number of benzene rings is 1. The van der Waals surface area contributed by atoms with Gasteiger partial charge in [-0.1, -0.05) is 25.1 Å². The molecule has 96 valence electrons. The molecule has 0 spiro atoms. The SMILES string of the molecule is CCCOc1ccc(C(NC)c2cccs2)cc1. The molecule has 2 nitrogen and oxygen atoms in total. The zero-order chi connectivity index (χ0) is 12.8. The molecule has 1 atom stereocenters. The lowest BCUT2D eigenvalue weighted by atomic mass is 10.1. The largest absolute Gasteiger partial charge is 0.494 e. The second-order valence-electron chi connectivity index (χ2n) is 4.15. The van der Waals surface area contributed by atoms with Crippen molar-refractivity contribution in [1.29, 1.82) is 0 Å². The molecule has 1 aromatic heterocycles. The van der Waals surface area contributed by atoms with E-state index in [0.29, 0.717) is 0 Å². The second kappa shape index (κ2) is 6.57. The fourth-order valence-corrected chi connectivity index (χ4v) is 2.77. The molecule has 0 saturated heterocycles. The lowest BCUT2D eigenvalue weighted by molar-refractivity contribution is 0.317. The molecule has 0 fully saturated rings.